The molecule has 1 N–H and O–H groups in total. The van der Waals surface area contributed by atoms with Crippen molar-refractivity contribution in [2.75, 3.05) is 52.5 Å². The summed E-state index contributed by atoms with van der Waals surface area (Å²) in [5.41, 5.74) is 2.03. The lowest BCUT2D eigenvalue weighted by atomic mass is 10.1. The second-order valence-corrected chi connectivity index (χ2v) is 7.33. The molecule has 29 heavy (non-hydrogen) atoms. The van der Waals surface area contributed by atoms with E-state index >= 15 is 0 Å². The van der Waals surface area contributed by atoms with Gasteiger partial charge in [0.25, 0.3) is 0 Å². The summed E-state index contributed by atoms with van der Waals surface area (Å²) in [7, 11) is 3.29. The molecular formula is C21H25N3O4S. The van der Waals surface area contributed by atoms with Crippen molar-refractivity contribution in [3.05, 3.63) is 42.0 Å². The highest BCUT2D eigenvalue weighted by molar-refractivity contribution is 7.80. The van der Waals surface area contributed by atoms with Crippen molar-refractivity contribution in [2.24, 2.45) is 0 Å². The summed E-state index contributed by atoms with van der Waals surface area (Å²) < 4.78 is 21.6. The van der Waals surface area contributed by atoms with Gasteiger partial charge < -0.3 is 29.2 Å². The second-order valence-electron chi connectivity index (χ2n) is 6.95. The molecular weight excluding hydrogens is 390 g/mol. The maximum atomic E-state index is 5.63. The Hall–Kier alpha value is -2.71. The highest BCUT2D eigenvalue weighted by Crippen LogP contribution is 2.33. The molecule has 1 saturated heterocycles. The van der Waals surface area contributed by atoms with Crippen LogP contribution in [0.2, 0.25) is 0 Å². The molecule has 0 bridgehead atoms. The molecule has 154 valence electrons. The average molecular weight is 416 g/mol. The van der Waals surface area contributed by atoms with Crippen molar-refractivity contribution in [1.29, 1.82) is 0 Å². The molecule has 0 amide bonds. The molecule has 7 nitrogen and oxygen atoms in total. The van der Waals surface area contributed by atoms with Gasteiger partial charge in [0.1, 0.15) is 11.5 Å². The van der Waals surface area contributed by atoms with E-state index in [1.54, 1.807) is 14.2 Å². The number of ether oxygens (including phenoxy) is 4. The van der Waals surface area contributed by atoms with Crippen LogP contribution < -0.4 is 24.3 Å². The molecule has 0 aromatic heterocycles. The minimum absolute atomic E-state index is 0.306. The number of benzene rings is 2. The number of fused-ring (bicyclic) bond motifs is 1. The summed E-state index contributed by atoms with van der Waals surface area (Å²) in [6.07, 6.45) is 0. The van der Waals surface area contributed by atoms with Crippen molar-refractivity contribution in [1.82, 2.24) is 9.80 Å². The van der Waals surface area contributed by atoms with E-state index in [1.807, 2.05) is 24.3 Å². The van der Waals surface area contributed by atoms with Gasteiger partial charge in [-0.1, -0.05) is 6.07 Å². The van der Waals surface area contributed by atoms with Gasteiger partial charge in [0.2, 0.25) is 6.79 Å². The summed E-state index contributed by atoms with van der Waals surface area (Å²) in [5.74, 6) is 3.14. The maximum Gasteiger partial charge on any atom is 0.231 e. The zero-order valence-electron chi connectivity index (χ0n) is 16.6. The quantitative estimate of drug-likeness (QED) is 0.749. The Morgan fingerprint density at radius 3 is 2.55 bits per heavy atom. The topological polar surface area (TPSA) is 55.4 Å². The number of hydrogen-bond donors (Lipinski definition) is 1. The van der Waals surface area contributed by atoms with Gasteiger partial charge >= 0.3 is 0 Å². The average Bonchev–Trinajstić information content (AvgIpc) is 3.22. The first-order valence-corrected chi connectivity index (χ1v) is 9.96. The van der Waals surface area contributed by atoms with Crippen LogP contribution in [0.15, 0.2) is 36.4 Å². The zero-order chi connectivity index (χ0) is 20.2. The first-order valence-electron chi connectivity index (χ1n) is 9.55. The van der Waals surface area contributed by atoms with Gasteiger partial charge in [-0.05, 0) is 42.0 Å². The van der Waals surface area contributed by atoms with Gasteiger partial charge in [-0.25, -0.2) is 0 Å². The lowest BCUT2D eigenvalue weighted by molar-refractivity contribution is 0.173. The third-order valence-corrected chi connectivity index (χ3v) is 5.51. The maximum absolute atomic E-state index is 5.63. The minimum Gasteiger partial charge on any atom is -0.497 e. The molecule has 0 radical (unpaired) electrons. The molecule has 0 atom stereocenters. The van der Waals surface area contributed by atoms with E-state index in [0.29, 0.717) is 11.9 Å². The Morgan fingerprint density at radius 2 is 1.79 bits per heavy atom. The van der Waals surface area contributed by atoms with Gasteiger partial charge in [-0.3, -0.25) is 4.90 Å². The monoisotopic (exact) mass is 415 g/mol. The molecule has 2 aromatic rings. The lowest BCUT2D eigenvalue weighted by Gasteiger charge is -2.36. The van der Waals surface area contributed by atoms with Gasteiger partial charge in [0.05, 0.1) is 19.9 Å². The molecule has 4 rings (SSSR count). The SMILES string of the molecule is COc1ccc(OC)c(NC(=S)N2CCN(Cc3ccc4c(c3)OCO4)CC2)c1. The first kappa shape index (κ1) is 19.6. The van der Waals surface area contributed by atoms with E-state index in [4.69, 9.17) is 31.2 Å². The normalized spacial score (nSPS) is 15.9. The van der Waals surface area contributed by atoms with Crippen molar-refractivity contribution >= 4 is 23.0 Å². The van der Waals surface area contributed by atoms with Crippen molar-refractivity contribution in [2.45, 2.75) is 6.54 Å². The number of hydrogen-bond acceptors (Lipinski definition) is 6. The molecule has 0 saturated carbocycles. The van der Waals surface area contributed by atoms with E-state index in [-0.39, 0.29) is 0 Å². The standard InChI is InChI=1S/C21H25N3O4S/c1-25-16-4-6-18(26-2)17(12-16)22-21(29)24-9-7-23(8-10-24)13-15-3-5-19-20(11-15)28-14-27-19/h3-6,11-12H,7-10,13-14H2,1-2H3,(H,22,29). The number of piperazine rings is 1. The van der Waals surface area contributed by atoms with Crippen LogP contribution in [-0.2, 0) is 6.54 Å². The van der Waals surface area contributed by atoms with Crippen LogP contribution in [0.4, 0.5) is 5.69 Å². The zero-order valence-corrected chi connectivity index (χ0v) is 17.5. The van der Waals surface area contributed by atoms with Crippen molar-refractivity contribution < 1.29 is 18.9 Å². The number of anilines is 1. The Balaban J connectivity index is 1.32. The number of rotatable bonds is 5. The lowest BCUT2D eigenvalue weighted by Crippen LogP contribution is -2.49. The fourth-order valence-corrected chi connectivity index (χ4v) is 3.81. The van der Waals surface area contributed by atoms with E-state index in [0.717, 1.165) is 61.4 Å². The highest BCUT2D eigenvalue weighted by atomic mass is 32.1. The van der Waals surface area contributed by atoms with Gasteiger partial charge in [0, 0.05) is 38.8 Å². The summed E-state index contributed by atoms with van der Waals surface area (Å²) in [6, 6.07) is 11.8. The first-order chi connectivity index (χ1) is 14.2. The number of nitrogens with zero attached hydrogens (tertiary/aromatic N) is 2. The number of methoxy groups -OCH3 is 2. The molecule has 0 spiro atoms. The molecule has 2 heterocycles. The van der Waals surface area contributed by atoms with Crippen LogP contribution in [0, 0.1) is 0 Å². The summed E-state index contributed by atoms with van der Waals surface area (Å²) >= 11 is 5.63. The summed E-state index contributed by atoms with van der Waals surface area (Å²) in [5, 5.41) is 4.00. The van der Waals surface area contributed by atoms with Gasteiger partial charge in [0.15, 0.2) is 16.6 Å². The third-order valence-electron chi connectivity index (χ3n) is 5.15. The molecule has 2 aliphatic rings. The van der Waals surface area contributed by atoms with Gasteiger partial charge in [-0.15, -0.1) is 0 Å². The fraction of sp³-hybridized carbons (Fsp3) is 0.381. The Labute approximate surface area is 176 Å². The molecule has 8 heteroatoms. The second kappa shape index (κ2) is 8.75. The van der Waals surface area contributed by atoms with E-state index in [2.05, 4.69) is 27.2 Å². The fourth-order valence-electron chi connectivity index (χ4n) is 3.51. The smallest absolute Gasteiger partial charge is 0.231 e. The van der Waals surface area contributed by atoms with Gasteiger partial charge in [-0.2, -0.15) is 0 Å². The van der Waals surface area contributed by atoms with Crippen LogP contribution in [0.3, 0.4) is 0 Å². The molecule has 0 aliphatic carbocycles. The number of thiocarbonyl (C=S) groups is 1. The van der Waals surface area contributed by atoms with Crippen LogP contribution in [0.25, 0.3) is 0 Å². The Bertz CT molecular complexity index is 884. The van der Waals surface area contributed by atoms with Crippen molar-refractivity contribution in [3.63, 3.8) is 0 Å². The highest BCUT2D eigenvalue weighted by Gasteiger charge is 2.21. The predicted molar refractivity (Wildman–Crippen MR) is 115 cm³/mol. The van der Waals surface area contributed by atoms with E-state index in [9.17, 15) is 0 Å². The summed E-state index contributed by atoms with van der Waals surface area (Å²) in [4.78, 5) is 4.60. The van der Waals surface area contributed by atoms with Crippen LogP contribution >= 0.6 is 12.2 Å². The molecule has 0 unspecified atom stereocenters. The van der Waals surface area contributed by atoms with Crippen LogP contribution in [0.1, 0.15) is 5.56 Å². The Morgan fingerprint density at radius 1 is 1.00 bits per heavy atom. The molecule has 2 aromatic carbocycles. The Kier molecular flexibility index (Phi) is 5.92. The van der Waals surface area contributed by atoms with Crippen LogP contribution in [-0.4, -0.2) is 62.1 Å². The third kappa shape index (κ3) is 4.49. The minimum atomic E-state index is 0.306. The predicted octanol–water partition coefficient (Wildman–Crippen LogP) is 2.95. The van der Waals surface area contributed by atoms with E-state index in [1.165, 1.54) is 5.56 Å². The molecule has 2 aliphatic heterocycles. The number of nitrogens with one attached hydrogen (secondary N) is 1. The van der Waals surface area contributed by atoms with Crippen molar-refractivity contribution in [3.8, 4) is 23.0 Å². The van der Waals surface area contributed by atoms with Crippen LogP contribution in [0.5, 0.6) is 23.0 Å². The largest absolute Gasteiger partial charge is 0.497 e. The van der Waals surface area contributed by atoms with E-state index < -0.39 is 0 Å². The molecule has 1 fully saturated rings. The summed E-state index contributed by atoms with van der Waals surface area (Å²) in [6.45, 7) is 4.79.